The molecule has 0 aliphatic carbocycles. The summed E-state index contributed by atoms with van der Waals surface area (Å²) in [6, 6.07) is 45.5. The molecule has 0 bridgehead atoms. The van der Waals surface area contributed by atoms with E-state index in [0.29, 0.717) is 129 Å². The Bertz CT molecular complexity index is 6570. The fraction of sp³-hybridized carbons (Fsp3) is 0.275. The molecule has 0 fully saturated rings. The molecule has 30 heteroatoms. The largest absolute Gasteiger partial charge is 0.466 e. The van der Waals surface area contributed by atoms with Gasteiger partial charge in [-0.15, -0.1) is 11.3 Å². The van der Waals surface area contributed by atoms with Crippen LogP contribution in [-0.4, -0.2) is 106 Å². The number of nitrogens with two attached hydrogens (primary N) is 4. The van der Waals surface area contributed by atoms with E-state index >= 15 is 0 Å². The quantitative estimate of drug-likeness (QED) is 0.0391. The standard InChI is InChI=1S/C32H32ClFN4O3.C30H30FN5O4S.C29H28BrClN4O4/c1-19(2)28(37(15-5-14-35)31(39)22-10-8-20(3)9-11-22)30-36-27-25-17-23(33)12-13-26(25)41-29(27)32(40)38(30)18-21-6-4-7-24(34)16-21;1-16(2)25(35(13-12-32)29(38)18-6-4-17(3)5-7-18)28-34-24-21-14-19(31)8-10-22(21)40-26(24)30(39)36(28)15-20-9-11-23(41-20)27(33)37;1-16(2)25(34(11-10-32)28(36)18-6-4-17(3)5-7-18)27-33-24-22-13-20(31)8-9-23(22)39-26(24)29(37)35(27)14-21-12-19(30)15-38-21/h4,6-13,16-17,19,28H,5,14-15,18,35H2,1-3H3;4-11,14,16,25H,12-13,15,32H2,1-3H3,(H2,33,37);4-9,12-13,15-16,25H,10-11,14,32H2,1-3H3. The molecule has 0 aliphatic heterocycles. The van der Waals surface area contributed by atoms with Crippen molar-refractivity contribution in [3.05, 3.63) is 305 Å². The molecule has 8 N–H and O–H groups in total. The number of carbonyl (C=O) groups is 4. The van der Waals surface area contributed by atoms with E-state index in [2.05, 4.69) is 15.9 Å². The second kappa shape index (κ2) is 37.5. The highest BCUT2D eigenvalue weighted by Gasteiger charge is 2.38. The van der Waals surface area contributed by atoms with Crippen LogP contribution < -0.4 is 39.6 Å². The molecule has 4 amide bonds. The van der Waals surface area contributed by atoms with Gasteiger partial charge in [-0.3, -0.25) is 47.3 Å². The average molecular weight is 1760 g/mol. The van der Waals surface area contributed by atoms with Crippen LogP contribution in [0.5, 0.6) is 0 Å². The Labute approximate surface area is 716 Å². The third-order valence-electron chi connectivity index (χ3n) is 20.8. The van der Waals surface area contributed by atoms with Crippen molar-refractivity contribution < 1.29 is 45.6 Å². The van der Waals surface area contributed by atoms with Crippen molar-refractivity contribution >= 4 is 140 Å². The number of furan rings is 4. The van der Waals surface area contributed by atoms with Gasteiger partial charge in [0.25, 0.3) is 40.3 Å². The summed E-state index contributed by atoms with van der Waals surface area (Å²) in [4.78, 5) is 117. The highest BCUT2D eigenvalue weighted by molar-refractivity contribution is 9.10. The first-order chi connectivity index (χ1) is 57.9. The van der Waals surface area contributed by atoms with Crippen LogP contribution in [-0.2, 0) is 19.6 Å². The van der Waals surface area contributed by atoms with Crippen molar-refractivity contribution in [3.63, 3.8) is 0 Å². The van der Waals surface area contributed by atoms with E-state index < -0.39 is 46.8 Å². The molecule has 626 valence electrons. The van der Waals surface area contributed by atoms with E-state index in [1.165, 1.54) is 55.4 Å². The minimum Gasteiger partial charge on any atom is -0.466 e. The Morgan fingerprint density at radius 1 is 0.479 bits per heavy atom. The smallest absolute Gasteiger partial charge is 0.297 e. The first-order valence-electron chi connectivity index (χ1n) is 39.4. The van der Waals surface area contributed by atoms with Crippen molar-refractivity contribution in [3.8, 4) is 0 Å². The zero-order chi connectivity index (χ0) is 86.5. The fourth-order valence-corrected chi connectivity index (χ4v) is 16.6. The van der Waals surface area contributed by atoms with Crippen molar-refractivity contribution in [2.24, 2.45) is 40.7 Å². The predicted octanol–water partition coefficient (Wildman–Crippen LogP) is 17.4. The highest BCUT2D eigenvalue weighted by Crippen LogP contribution is 2.39. The maximum atomic E-state index is 14.3. The summed E-state index contributed by atoms with van der Waals surface area (Å²) >= 11 is 17.2. The third-order valence-corrected chi connectivity index (χ3v) is 22.8. The zero-order valence-corrected chi connectivity index (χ0v) is 71.8. The summed E-state index contributed by atoms with van der Waals surface area (Å²) in [6.07, 6.45) is 2.11. The summed E-state index contributed by atoms with van der Waals surface area (Å²) in [5.41, 5.74) is 29.7. The van der Waals surface area contributed by atoms with Crippen molar-refractivity contribution in [1.29, 1.82) is 0 Å². The Balaban J connectivity index is 0.000000157. The van der Waals surface area contributed by atoms with E-state index in [1.807, 2.05) is 98.7 Å². The molecule has 0 radical (unpaired) electrons. The molecule has 15 aromatic rings. The molecule has 8 aromatic heterocycles. The Morgan fingerprint density at radius 2 is 0.876 bits per heavy atom. The molecule has 0 saturated carbocycles. The van der Waals surface area contributed by atoms with Crippen LogP contribution in [0.25, 0.3) is 66.2 Å². The molecule has 0 saturated heterocycles. The monoisotopic (exact) mass is 1760 g/mol. The van der Waals surface area contributed by atoms with Gasteiger partial charge in [-0.2, -0.15) is 0 Å². The lowest BCUT2D eigenvalue weighted by molar-refractivity contribution is 0.0599. The van der Waals surface area contributed by atoms with Gasteiger partial charge in [0.15, 0.2) is 0 Å². The Morgan fingerprint density at radius 3 is 1.26 bits per heavy atom. The number of hydrogen-bond donors (Lipinski definition) is 4. The van der Waals surface area contributed by atoms with Crippen LogP contribution in [0.2, 0.25) is 10.0 Å². The van der Waals surface area contributed by atoms with Crippen molar-refractivity contribution in [2.45, 2.75) is 106 Å². The average Bonchev–Trinajstić information content (AvgIpc) is 1.63. The zero-order valence-electron chi connectivity index (χ0n) is 67.9. The number of carbonyl (C=O) groups excluding carboxylic acids is 4. The molecule has 121 heavy (non-hydrogen) atoms. The van der Waals surface area contributed by atoms with Gasteiger partial charge in [-0.05, 0) is 194 Å². The van der Waals surface area contributed by atoms with Crippen LogP contribution in [0.4, 0.5) is 8.78 Å². The first kappa shape index (κ1) is 87.1. The number of hydrogen-bond acceptors (Lipinski definition) is 18. The SMILES string of the molecule is Cc1ccc(C(=O)N(CCCN)C(c2nc3c(oc4ccc(Cl)cc43)c(=O)n2Cc2cccc(F)c2)C(C)C)cc1.Cc1ccc(C(=O)N(CCN)C(c2nc3c(oc4ccc(Cl)cc43)c(=O)n2Cc2cc(Br)co2)C(C)C)cc1.Cc1ccc(C(=O)N(CCN)C(c2nc3c(oc4ccc(F)cc43)c(=O)n2Cc2ccc(C(N)=O)s2)C(C)C)cc1. The summed E-state index contributed by atoms with van der Waals surface area (Å²) in [5.74, 6) is -0.961. The molecule has 0 aliphatic rings. The van der Waals surface area contributed by atoms with Crippen LogP contribution in [0.3, 0.4) is 0 Å². The number of amides is 4. The lowest BCUT2D eigenvalue weighted by Crippen LogP contribution is -2.43. The second-order valence-electron chi connectivity index (χ2n) is 30.7. The minimum absolute atomic E-state index is 0.0289. The molecule has 0 spiro atoms. The van der Waals surface area contributed by atoms with Gasteiger partial charge in [0.2, 0.25) is 16.7 Å². The third kappa shape index (κ3) is 18.8. The van der Waals surface area contributed by atoms with Crippen LogP contribution in [0, 0.1) is 50.2 Å². The second-order valence-corrected chi connectivity index (χ2v) is 33.7. The van der Waals surface area contributed by atoms with Crippen LogP contribution in [0.15, 0.2) is 213 Å². The maximum absolute atomic E-state index is 14.3. The number of primary amides is 1. The number of fused-ring (bicyclic) bond motifs is 9. The van der Waals surface area contributed by atoms with Gasteiger partial charge in [0.1, 0.15) is 74.4 Å². The van der Waals surface area contributed by atoms with E-state index in [0.717, 1.165) is 21.2 Å². The van der Waals surface area contributed by atoms with Gasteiger partial charge in [-0.25, -0.2) is 23.7 Å². The van der Waals surface area contributed by atoms with Crippen molar-refractivity contribution in [2.75, 3.05) is 39.3 Å². The van der Waals surface area contributed by atoms with E-state index in [4.69, 9.17) is 78.8 Å². The Kier molecular flexibility index (Phi) is 27.0. The fourth-order valence-electron chi connectivity index (χ4n) is 15.1. The topological polar surface area (TPSA) is 339 Å². The number of thiophene rings is 1. The minimum atomic E-state index is -0.682. The van der Waals surface area contributed by atoms with E-state index in [9.17, 15) is 42.3 Å². The Hall–Kier alpha value is -11.8. The highest BCUT2D eigenvalue weighted by atomic mass is 79.9. The first-order valence-corrected chi connectivity index (χ1v) is 41.8. The lowest BCUT2D eigenvalue weighted by atomic mass is 9.98. The van der Waals surface area contributed by atoms with Gasteiger partial charge < -0.3 is 55.3 Å². The van der Waals surface area contributed by atoms with E-state index in [1.54, 1.807) is 124 Å². The molecule has 3 unspecified atom stereocenters. The van der Waals surface area contributed by atoms with E-state index in [-0.39, 0.29) is 109 Å². The number of aryl methyl sites for hydroxylation is 3. The molecular weight excluding hydrogens is 1670 g/mol. The number of benzene rings is 7. The predicted molar refractivity (Wildman–Crippen MR) is 471 cm³/mol. The molecule has 15 rings (SSSR count). The summed E-state index contributed by atoms with van der Waals surface area (Å²) in [5, 5.41) is 2.56. The van der Waals surface area contributed by atoms with Crippen molar-refractivity contribution in [1.82, 2.24) is 43.4 Å². The molecular formula is C91H90BrCl2F2N13O11S. The summed E-state index contributed by atoms with van der Waals surface area (Å²) in [7, 11) is 0. The van der Waals surface area contributed by atoms with Crippen LogP contribution in [0.1, 0.15) is 157 Å². The molecule has 24 nitrogen and oxygen atoms in total. The lowest BCUT2D eigenvalue weighted by Gasteiger charge is -2.35. The number of nitrogens with zero attached hydrogens (tertiary/aromatic N) is 9. The summed E-state index contributed by atoms with van der Waals surface area (Å²) < 4.78 is 57.1. The normalized spacial score (nSPS) is 12.4. The molecule has 8 heterocycles. The van der Waals surface area contributed by atoms with Crippen LogP contribution >= 0.6 is 50.5 Å². The number of rotatable bonds is 26. The van der Waals surface area contributed by atoms with Gasteiger partial charge in [0, 0.05) is 80.5 Å². The van der Waals surface area contributed by atoms with Gasteiger partial charge in [0.05, 0.1) is 47.1 Å². The number of aromatic nitrogens is 6. The number of halogens is 5. The van der Waals surface area contributed by atoms with Gasteiger partial charge in [-0.1, -0.05) is 130 Å². The summed E-state index contributed by atoms with van der Waals surface area (Å²) in [6.45, 7) is 19.5. The molecule has 7 aromatic carbocycles. The molecule has 3 atom stereocenters. The maximum Gasteiger partial charge on any atom is 0.297 e. The van der Waals surface area contributed by atoms with Gasteiger partial charge >= 0.3 is 0 Å².